The van der Waals surface area contributed by atoms with Gasteiger partial charge in [0.1, 0.15) is 0 Å². The van der Waals surface area contributed by atoms with Crippen LogP contribution in [0, 0.1) is 0 Å². The molecule has 5 heteroatoms. The molecular weight excluding hydrogens is 254 g/mol. The van der Waals surface area contributed by atoms with Crippen LogP contribution in [0.5, 0.6) is 0 Å². The van der Waals surface area contributed by atoms with Gasteiger partial charge in [-0.15, -0.1) is 0 Å². The third-order valence-corrected chi connectivity index (χ3v) is 2.96. The van der Waals surface area contributed by atoms with E-state index < -0.39 is 5.97 Å². The van der Waals surface area contributed by atoms with E-state index in [-0.39, 0.29) is 0 Å². The predicted molar refractivity (Wildman–Crippen MR) is 76.8 cm³/mol. The first-order valence-electron chi connectivity index (χ1n) is 6.59. The van der Waals surface area contributed by atoms with Crippen LogP contribution in [-0.2, 0) is 17.6 Å². The largest absolute Gasteiger partial charge is 0.478 e. The minimum atomic E-state index is -0.970. The van der Waals surface area contributed by atoms with Crippen LogP contribution < -0.4 is 0 Å². The Labute approximate surface area is 117 Å². The van der Waals surface area contributed by atoms with Gasteiger partial charge >= 0.3 is 5.97 Å². The first-order valence-corrected chi connectivity index (χ1v) is 6.59. The molecule has 0 aromatic carbocycles. The van der Waals surface area contributed by atoms with Crippen molar-refractivity contribution in [2.45, 2.75) is 26.7 Å². The van der Waals surface area contributed by atoms with Gasteiger partial charge in [-0.2, -0.15) is 5.10 Å². The van der Waals surface area contributed by atoms with Gasteiger partial charge in [0.25, 0.3) is 0 Å². The molecule has 2 aromatic rings. The monoisotopic (exact) mass is 271 g/mol. The molecule has 5 nitrogen and oxygen atoms in total. The molecule has 0 spiro atoms. The zero-order valence-electron chi connectivity index (χ0n) is 11.6. The van der Waals surface area contributed by atoms with E-state index in [9.17, 15) is 4.79 Å². The molecule has 0 amide bonds. The van der Waals surface area contributed by atoms with Crippen LogP contribution in [0.2, 0.25) is 0 Å². The normalized spacial score (nSPS) is 11.1. The Hall–Kier alpha value is -2.43. The summed E-state index contributed by atoms with van der Waals surface area (Å²) < 4.78 is 1.84. The van der Waals surface area contributed by atoms with Crippen LogP contribution in [0.4, 0.5) is 0 Å². The Kier molecular flexibility index (Phi) is 4.30. The minimum Gasteiger partial charge on any atom is -0.478 e. The number of carbonyl (C=O) groups is 1. The van der Waals surface area contributed by atoms with Crippen molar-refractivity contribution in [1.82, 2.24) is 14.8 Å². The lowest BCUT2D eigenvalue weighted by Crippen LogP contribution is -2.03. The first kappa shape index (κ1) is 14.0. The van der Waals surface area contributed by atoms with Crippen LogP contribution in [0.1, 0.15) is 30.8 Å². The molecule has 0 saturated carbocycles. The molecule has 0 aliphatic carbocycles. The van der Waals surface area contributed by atoms with Crippen LogP contribution in [-0.4, -0.2) is 25.8 Å². The highest BCUT2D eigenvalue weighted by Crippen LogP contribution is 2.13. The summed E-state index contributed by atoms with van der Waals surface area (Å²) in [4.78, 5) is 14.8. The standard InChI is InChI=1S/C15H17N3O2/c1-3-12-9-13(4-2)18(17-12)14-7-5-11(10-16-14)6-8-15(19)20/h5-10H,3-4H2,1-2H3,(H,19,20)/b8-6+. The molecule has 2 rings (SSSR count). The van der Waals surface area contributed by atoms with E-state index in [1.54, 1.807) is 6.20 Å². The third kappa shape index (κ3) is 3.12. The molecule has 0 saturated heterocycles. The summed E-state index contributed by atoms with van der Waals surface area (Å²) in [7, 11) is 0. The van der Waals surface area contributed by atoms with Gasteiger partial charge in [0, 0.05) is 18.0 Å². The fourth-order valence-corrected chi connectivity index (χ4v) is 1.89. The van der Waals surface area contributed by atoms with Crippen molar-refractivity contribution >= 4 is 12.0 Å². The van der Waals surface area contributed by atoms with E-state index in [1.807, 2.05) is 16.8 Å². The van der Waals surface area contributed by atoms with E-state index in [1.165, 1.54) is 6.08 Å². The number of pyridine rings is 1. The molecule has 0 aliphatic rings. The van der Waals surface area contributed by atoms with E-state index >= 15 is 0 Å². The predicted octanol–water partition coefficient (Wildman–Crippen LogP) is 2.49. The second kappa shape index (κ2) is 6.14. The van der Waals surface area contributed by atoms with E-state index in [0.717, 1.165) is 41.7 Å². The fourth-order valence-electron chi connectivity index (χ4n) is 1.89. The molecule has 2 heterocycles. The summed E-state index contributed by atoms with van der Waals surface area (Å²) in [6.45, 7) is 4.15. The van der Waals surface area contributed by atoms with Crippen molar-refractivity contribution in [3.05, 3.63) is 47.4 Å². The van der Waals surface area contributed by atoms with E-state index in [2.05, 4.69) is 30.0 Å². The van der Waals surface area contributed by atoms with Crippen LogP contribution in [0.25, 0.3) is 11.9 Å². The summed E-state index contributed by atoms with van der Waals surface area (Å²) >= 11 is 0. The second-order valence-electron chi connectivity index (χ2n) is 4.37. The number of rotatable bonds is 5. The Bertz CT molecular complexity index is 627. The zero-order valence-corrected chi connectivity index (χ0v) is 11.6. The molecule has 1 N–H and O–H groups in total. The quantitative estimate of drug-likeness (QED) is 0.848. The fraction of sp³-hybridized carbons (Fsp3) is 0.267. The Balaban J connectivity index is 2.30. The highest BCUT2D eigenvalue weighted by molar-refractivity contribution is 5.85. The lowest BCUT2D eigenvalue weighted by Gasteiger charge is -2.04. The number of aliphatic carboxylic acids is 1. The molecule has 20 heavy (non-hydrogen) atoms. The van der Waals surface area contributed by atoms with Gasteiger partial charge in [-0.3, -0.25) is 0 Å². The molecule has 0 aliphatic heterocycles. The summed E-state index contributed by atoms with van der Waals surface area (Å²) in [5.41, 5.74) is 2.90. The summed E-state index contributed by atoms with van der Waals surface area (Å²) in [6, 6.07) is 5.75. The smallest absolute Gasteiger partial charge is 0.328 e. The lowest BCUT2D eigenvalue weighted by molar-refractivity contribution is -0.131. The Morgan fingerprint density at radius 3 is 2.70 bits per heavy atom. The van der Waals surface area contributed by atoms with Crippen molar-refractivity contribution in [1.29, 1.82) is 0 Å². The highest BCUT2D eigenvalue weighted by Gasteiger charge is 2.07. The number of hydrogen-bond acceptors (Lipinski definition) is 3. The molecule has 0 unspecified atom stereocenters. The second-order valence-corrected chi connectivity index (χ2v) is 4.37. The number of carboxylic acids is 1. The molecule has 2 aromatic heterocycles. The molecule has 0 fully saturated rings. The number of nitrogens with zero attached hydrogens (tertiary/aromatic N) is 3. The summed E-state index contributed by atoms with van der Waals surface area (Å²) in [5.74, 6) is -0.226. The number of hydrogen-bond donors (Lipinski definition) is 1. The average molecular weight is 271 g/mol. The number of aryl methyl sites for hydroxylation is 2. The van der Waals surface area contributed by atoms with Gasteiger partial charge < -0.3 is 5.11 Å². The Morgan fingerprint density at radius 2 is 2.15 bits per heavy atom. The van der Waals surface area contributed by atoms with Crippen molar-refractivity contribution in [3.63, 3.8) is 0 Å². The maximum atomic E-state index is 10.5. The van der Waals surface area contributed by atoms with Gasteiger partial charge in [0.2, 0.25) is 0 Å². The zero-order chi connectivity index (χ0) is 14.5. The highest BCUT2D eigenvalue weighted by atomic mass is 16.4. The number of carboxylic acid groups (broad SMARTS) is 1. The Morgan fingerprint density at radius 1 is 1.35 bits per heavy atom. The molecular formula is C15H17N3O2. The average Bonchev–Trinajstić information content (AvgIpc) is 2.89. The van der Waals surface area contributed by atoms with Crippen LogP contribution in [0.3, 0.4) is 0 Å². The SMILES string of the molecule is CCc1cc(CC)n(-c2ccc(/C=C/C(=O)O)cn2)n1. The summed E-state index contributed by atoms with van der Waals surface area (Å²) in [5, 5.41) is 13.1. The number of aromatic nitrogens is 3. The maximum absolute atomic E-state index is 10.5. The third-order valence-electron chi connectivity index (χ3n) is 2.96. The van der Waals surface area contributed by atoms with Crippen LogP contribution >= 0.6 is 0 Å². The topological polar surface area (TPSA) is 68.0 Å². The van der Waals surface area contributed by atoms with E-state index in [0.29, 0.717) is 0 Å². The maximum Gasteiger partial charge on any atom is 0.328 e. The van der Waals surface area contributed by atoms with Crippen molar-refractivity contribution in [2.75, 3.05) is 0 Å². The van der Waals surface area contributed by atoms with Gasteiger partial charge in [-0.1, -0.05) is 13.8 Å². The van der Waals surface area contributed by atoms with Crippen molar-refractivity contribution in [3.8, 4) is 5.82 Å². The van der Waals surface area contributed by atoms with Gasteiger partial charge in [0.15, 0.2) is 5.82 Å². The first-order chi connectivity index (χ1) is 9.63. The van der Waals surface area contributed by atoms with Gasteiger partial charge in [0.05, 0.1) is 5.69 Å². The molecule has 0 radical (unpaired) electrons. The van der Waals surface area contributed by atoms with E-state index in [4.69, 9.17) is 5.11 Å². The van der Waals surface area contributed by atoms with Crippen molar-refractivity contribution in [2.24, 2.45) is 0 Å². The van der Waals surface area contributed by atoms with Crippen LogP contribution in [0.15, 0.2) is 30.5 Å². The van der Waals surface area contributed by atoms with Crippen molar-refractivity contribution < 1.29 is 9.90 Å². The minimum absolute atomic E-state index is 0.744. The van der Waals surface area contributed by atoms with Gasteiger partial charge in [-0.05, 0) is 42.7 Å². The molecule has 104 valence electrons. The summed E-state index contributed by atoms with van der Waals surface area (Å²) in [6.07, 6.45) is 6.02. The molecule has 0 bridgehead atoms. The lowest BCUT2D eigenvalue weighted by atomic mass is 10.2. The molecule has 0 atom stereocenters. The van der Waals surface area contributed by atoms with Gasteiger partial charge in [-0.25, -0.2) is 14.5 Å².